The molecule has 2 heterocycles. The largest absolute Gasteiger partial charge is 0.390 e. The Balaban J connectivity index is 2.19. The number of pyridine rings is 1. The summed E-state index contributed by atoms with van der Waals surface area (Å²) in [6, 6.07) is 1.94. The molecule has 0 aliphatic carbocycles. The zero-order chi connectivity index (χ0) is 18.8. The van der Waals surface area contributed by atoms with Gasteiger partial charge in [0.1, 0.15) is 10.2 Å². The van der Waals surface area contributed by atoms with Crippen LogP contribution in [0.3, 0.4) is 0 Å². The average Bonchev–Trinajstić information content (AvgIpc) is 2.92. The van der Waals surface area contributed by atoms with Crippen molar-refractivity contribution in [2.45, 2.75) is 52.1 Å². The minimum Gasteiger partial charge on any atom is -0.390 e. The third-order valence-electron chi connectivity index (χ3n) is 2.84. The molecule has 7 heteroatoms. The number of nitrogens with zero attached hydrogens (tertiary/aromatic N) is 3. The van der Waals surface area contributed by atoms with E-state index in [0.717, 1.165) is 11.3 Å². The lowest BCUT2D eigenvalue weighted by atomic mass is 10.0. The molecule has 0 radical (unpaired) electrons. The van der Waals surface area contributed by atoms with Crippen molar-refractivity contribution in [1.82, 2.24) is 15.2 Å². The maximum atomic E-state index is 10.1. The first kappa shape index (κ1) is 13.2. The van der Waals surface area contributed by atoms with Crippen molar-refractivity contribution in [3.63, 3.8) is 0 Å². The van der Waals surface area contributed by atoms with E-state index in [2.05, 4.69) is 20.5 Å². The van der Waals surface area contributed by atoms with Gasteiger partial charge in [0, 0.05) is 28.5 Å². The van der Waals surface area contributed by atoms with Crippen molar-refractivity contribution in [1.29, 1.82) is 0 Å². The van der Waals surface area contributed by atoms with Gasteiger partial charge in [-0.2, -0.15) is 0 Å². The molecule has 0 aliphatic heterocycles. The lowest BCUT2D eigenvalue weighted by Gasteiger charge is -2.15. The Kier molecular flexibility index (Phi) is 4.14. The monoisotopic (exact) mass is 343 g/mol. The Labute approximate surface area is 144 Å². The van der Waals surface area contributed by atoms with Crippen molar-refractivity contribution in [3.8, 4) is 10.6 Å². The van der Waals surface area contributed by atoms with Crippen molar-refractivity contribution in [2.24, 2.45) is 0 Å². The van der Waals surface area contributed by atoms with Gasteiger partial charge in [-0.15, -0.1) is 10.2 Å². The first-order valence-electron chi connectivity index (χ1n) is 8.47. The van der Waals surface area contributed by atoms with Gasteiger partial charge in [0.15, 0.2) is 5.01 Å². The van der Waals surface area contributed by atoms with E-state index < -0.39 is 12.5 Å². The van der Waals surface area contributed by atoms with Gasteiger partial charge in [0.05, 0.1) is 11.2 Å². The maximum Gasteiger partial charge on any atom is 0.151 e. The van der Waals surface area contributed by atoms with Gasteiger partial charge < -0.3 is 10.4 Å². The summed E-state index contributed by atoms with van der Waals surface area (Å²) in [6.07, 6.45) is 2.04. The van der Waals surface area contributed by atoms with Crippen LogP contribution >= 0.6 is 22.9 Å². The van der Waals surface area contributed by atoms with Crippen molar-refractivity contribution < 1.29 is 9.22 Å². The van der Waals surface area contributed by atoms with Crippen LogP contribution in [-0.2, 0) is 6.42 Å². The quantitative estimate of drug-likeness (QED) is 0.781. The summed E-state index contributed by atoms with van der Waals surface area (Å²) in [7, 11) is 0. The molecule has 2 rings (SSSR count). The van der Waals surface area contributed by atoms with E-state index in [4.69, 9.17) is 15.7 Å². The normalized spacial score (nSPS) is 16.7. The molecule has 2 N–H and O–H groups in total. The van der Waals surface area contributed by atoms with E-state index in [0.29, 0.717) is 21.6 Å². The third kappa shape index (κ3) is 4.90. The fourth-order valence-corrected chi connectivity index (χ4v) is 2.87. The van der Waals surface area contributed by atoms with E-state index >= 15 is 0 Å². The second-order valence-corrected chi connectivity index (χ2v) is 7.08. The van der Waals surface area contributed by atoms with E-state index in [1.165, 1.54) is 18.3 Å². The SMILES string of the molecule is [2H]C([2H])([2H])C(C)(O)CCc1nnc(-c2cnc(Cl)cc2NC(C)C)s1. The second-order valence-electron chi connectivity index (χ2n) is 5.63. The van der Waals surface area contributed by atoms with Crippen LogP contribution in [0.1, 0.15) is 43.2 Å². The fourth-order valence-electron chi connectivity index (χ4n) is 1.84. The van der Waals surface area contributed by atoms with Gasteiger partial charge in [0.25, 0.3) is 0 Å². The molecule has 0 aromatic carbocycles. The minimum absolute atomic E-state index is 0.0775. The molecule has 2 aromatic heterocycles. The van der Waals surface area contributed by atoms with Gasteiger partial charge in [-0.25, -0.2) is 4.98 Å². The molecule has 1 unspecified atom stereocenters. The molecule has 0 amide bonds. The lowest BCUT2D eigenvalue weighted by Crippen LogP contribution is -2.19. The van der Waals surface area contributed by atoms with Crippen LogP contribution in [0, 0.1) is 0 Å². The Morgan fingerprint density at radius 2 is 2.27 bits per heavy atom. The maximum absolute atomic E-state index is 10.1. The molecule has 0 aliphatic rings. The second kappa shape index (κ2) is 6.89. The standard InChI is InChI=1S/C15H21ClN4OS/c1-9(2)18-11-7-12(16)17-8-10(11)14-20-19-13(22-14)5-6-15(3,4)21/h7-9,21H,5-6H2,1-4H3,(H,17,18)/i3D3. The molecule has 0 spiro atoms. The van der Waals surface area contributed by atoms with Crippen LogP contribution in [0.25, 0.3) is 10.6 Å². The number of nitrogens with one attached hydrogen (secondary N) is 1. The predicted octanol–water partition coefficient (Wildman–Crippen LogP) is 3.78. The molecule has 5 nitrogen and oxygen atoms in total. The van der Waals surface area contributed by atoms with E-state index in [9.17, 15) is 5.11 Å². The van der Waals surface area contributed by atoms with E-state index in [-0.39, 0.29) is 12.5 Å². The Bertz CT molecular complexity index is 734. The summed E-state index contributed by atoms with van der Waals surface area (Å²) >= 11 is 7.32. The molecule has 0 saturated carbocycles. The van der Waals surface area contributed by atoms with Crippen LogP contribution in [-0.4, -0.2) is 31.9 Å². The first-order valence-corrected chi connectivity index (χ1v) is 8.16. The summed E-state index contributed by atoms with van der Waals surface area (Å²) in [4.78, 5) is 4.10. The highest BCUT2D eigenvalue weighted by molar-refractivity contribution is 7.14. The van der Waals surface area contributed by atoms with Gasteiger partial charge in [-0.1, -0.05) is 22.9 Å². The van der Waals surface area contributed by atoms with Crippen LogP contribution in [0.2, 0.25) is 5.15 Å². The molecule has 0 saturated heterocycles. The Hall–Kier alpha value is -1.24. The molecule has 0 bridgehead atoms. The highest BCUT2D eigenvalue weighted by atomic mass is 35.5. The summed E-state index contributed by atoms with van der Waals surface area (Å²) in [5.41, 5.74) is -0.165. The Morgan fingerprint density at radius 3 is 2.95 bits per heavy atom. The predicted molar refractivity (Wildman–Crippen MR) is 91.5 cm³/mol. The summed E-state index contributed by atoms with van der Waals surface area (Å²) in [5, 5.41) is 23.3. The van der Waals surface area contributed by atoms with E-state index in [1.807, 2.05) is 13.8 Å². The highest BCUT2D eigenvalue weighted by Crippen LogP contribution is 2.32. The minimum atomic E-state index is -2.44. The van der Waals surface area contributed by atoms with E-state index in [1.54, 1.807) is 12.3 Å². The zero-order valence-corrected chi connectivity index (χ0v) is 14.3. The van der Waals surface area contributed by atoms with Crippen LogP contribution in [0.4, 0.5) is 5.69 Å². The summed E-state index contributed by atoms with van der Waals surface area (Å²) in [5.74, 6) is 0. The van der Waals surface area contributed by atoms with Crippen molar-refractivity contribution in [3.05, 3.63) is 22.4 Å². The van der Waals surface area contributed by atoms with Gasteiger partial charge in [-0.3, -0.25) is 0 Å². The van der Waals surface area contributed by atoms with Crippen LogP contribution in [0.5, 0.6) is 0 Å². The number of rotatable bonds is 6. The lowest BCUT2D eigenvalue weighted by molar-refractivity contribution is 0.0713. The molecular formula is C15H21ClN4OS. The molecule has 22 heavy (non-hydrogen) atoms. The number of halogens is 1. The average molecular weight is 344 g/mol. The molecule has 120 valence electrons. The number of aryl methyl sites for hydroxylation is 1. The zero-order valence-electron chi connectivity index (χ0n) is 15.7. The smallest absolute Gasteiger partial charge is 0.151 e. The van der Waals surface area contributed by atoms with Gasteiger partial charge >= 0.3 is 0 Å². The number of hydrogen-bond acceptors (Lipinski definition) is 6. The van der Waals surface area contributed by atoms with Crippen molar-refractivity contribution >= 4 is 28.6 Å². The molecule has 2 aromatic rings. The summed E-state index contributed by atoms with van der Waals surface area (Å²) in [6.45, 7) is 2.91. The number of anilines is 1. The topological polar surface area (TPSA) is 70.9 Å². The molecule has 1 atom stereocenters. The molecule has 0 fully saturated rings. The molecular weight excluding hydrogens is 320 g/mol. The van der Waals surface area contributed by atoms with Gasteiger partial charge in [0.2, 0.25) is 0 Å². The summed E-state index contributed by atoms with van der Waals surface area (Å²) < 4.78 is 22.1. The number of aliphatic hydroxyl groups is 1. The van der Waals surface area contributed by atoms with Crippen LogP contribution < -0.4 is 5.32 Å². The van der Waals surface area contributed by atoms with Crippen molar-refractivity contribution in [2.75, 3.05) is 5.32 Å². The first-order chi connectivity index (χ1) is 11.5. The fraction of sp³-hybridized carbons (Fsp3) is 0.533. The Morgan fingerprint density at radius 1 is 1.50 bits per heavy atom. The number of aromatic nitrogens is 3. The van der Waals surface area contributed by atoms with Crippen LogP contribution in [0.15, 0.2) is 12.3 Å². The van der Waals surface area contributed by atoms with Gasteiger partial charge in [-0.05, 0) is 40.1 Å². The number of hydrogen-bond donors (Lipinski definition) is 2. The highest BCUT2D eigenvalue weighted by Gasteiger charge is 2.16. The third-order valence-corrected chi connectivity index (χ3v) is 4.06.